The summed E-state index contributed by atoms with van der Waals surface area (Å²) in [5.74, 6) is 0.436. The van der Waals surface area contributed by atoms with E-state index in [4.69, 9.17) is 0 Å². The van der Waals surface area contributed by atoms with Crippen molar-refractivity contribution in [2.45, 2.75) is 39.5 Å². The van der Waals surface area contributed by atoms with Crippen molar-refractivity contribution < 1.29 is 10.2 Å². The molecule has 0 aromatic heterocycles. The van der Waals surface area contributed by atoms with E-state index in [0.29, 0.717) is 48.4 Å². The highest BCUT2D eigenvalue weighted by molar-refractivity contribution is 5.93. The number of phenols is 2. The van der Waals surface area contributed by atoms with Gasteiger partial charge in [-0.3, -0.25) is 20.0 Å². The molecule has 1 aliphatic rings. The Hall–Kier alpha value is -3.28. The van der Waals surface area contributed by atoms with Crippen LogP contribution in [-0.4, -0.2) is 61.3 Å². The Bertz CT molecular complexity index is 881. The maximum absolute atomic E-state index is 10.6. The topological polar surface area (TPSA) is 89.9 Å². The second-order valence-electron chi connectivity index (χ2n) is 8.14. The van der Waals surface area contributed by atoms with Crippen molar-refractivity contribution in [3.63, 3.8) is 0 Å². The van der Waals surface area contributed by atoms with Crippen LogP contribution in [0.5, 0.6) is 11.5 Å². The van der Waals surface area contributed by atoms with Gasteiger partial charge in [-0.25, -0.2) is 0 Å². The van der Waals surface area contributed by atoms with E-state index < -0.39 is 0 Å². The molecule has 0 atom stereocenters. The number of phenolic OH excluding ortho intramolecular Hbond substituents is 2. The first kappa shape index (κ1) is 23.4. The molecule has 0 radical (unpaired) electrons. The molecule has 0 spiro atoms. The van der Waals surface area contributed by atoms with Gasteiger partial charge in [0, 0.05) is 73.3 Å². The Kier molecular flexibility index (Phi) is 8.72. The summed E-state index contributed by atoms with van der Waals surface area (Å²) in [6.45, 7) is 6.68. The van der Waals surface area contributed by atoms with E-state index in [1.54, 1.807) is 24.9 Å². The molecule has 0 aliphatic carbocycles. The molecule has 1 aliphatic heterocycles. The predicted octanol–water partition coefficient (Wildman–Crippen LogP) is 4.66. The molecule has 168 valence electrons. The monoisotopic (exact) mass is 432 g/mol. The standard InChI is InChI=1S/C26H32N4O2/c1-19-11-21-15-27-7-3-5-9-29-17-23-13-20(2)14-24(26(23)32)18-30-10-6-4-8-28-16-22(12-19)25(21)31/h11-18,31-32H,3-10H2,1-2H3. The number of hydrogen-bond acceptors (Lipinski definition) is 6. The van der Waals surface area contributed by atoms with Gasteiger partial charge in [-0.15, -0.1) is 0 Å². The fraction of sp³-hybridized carbons (Fsp3) is 0.385. The molecule has 1 heterocycles. The van der Waals surface area contributed by atoms with Crippen molar-refractivity contribution >= 4 is 24.9 Å². The minimum atomic E-state index is 0.218. The Morgan fingerprint density at radius 1 is 0.500 bits per heavy atom. The van der Waals surface area contributed by atoms with Crippen LogP contribution < -0.4 is 0 Å². The molecule has 32 heavy (non-hydrogen) atoms. The van der Waals surface area contributed by atoms with E-state index in [2.05, 4.69) is 20.0 Å². The van der Waals surface area contributed by atoms with Crippen molar-refractivity contribution in [2.24, 2.45) is 20.0 Å². The number of rotatable bonds is 0. The smallest absolute Gasteiger partial charge is 0.133 e. The fourth-order valence-electron chi connectivity index (χ4n) is 3.53. The summed E-state index contributed by atoms with van der Waals surface area (Å²) in [7, 11) is 0. The number of aryl methyl sites for hydroxylation is 2. The second kappa shape index (κ2) is 11.9. The molecule has 0 saturated carbocycles. The number of fused-ring (bicyclic) bond motifs is 4. The van der Waals surface area contributed by atoms with Gasteiger partial charge in [-0.2, -0.15) is 0 Å². The molecule has 3 rings (SSSR count). The average molecular weight is 433 g/mol. The molecule has 4 bridgehead atoms. The number of benzene rings is 2. The minimum Gasteiger partial charge on any atom is -0.507 e. The molecule has 2 aromatic carbocycles. The number of hydrogen-bond donors (Lipinski definition) is 2. The lowest BCUT2D eigenvalue weighted by Crippen LogP contribution is -1.95. The van der Waals surface area contributed by atoms with Crippen LogP contribution >= 0.6 is 0 Å². The number of nitrogens with zero attached hydrogens (tertiary/aromatic N) is 4. The van der Waals surface area contributed by atoms with Crippen LogP contribution in [0, 0.1) is 13.8 Å². The molecule has 0 saturated heterocycles. The first-order valence-corrected chi connectivity index (χ1v) is 11.2. The summed E-state index contributed by atoms with van der Waals surface area (Å²) in [5.41, 5.74) is 4.98. The van der Waals surface area contributed by atoms with Crippen LogP contribution in [0.25, 0.3) is 0 Å². The van der Waals surface area contributed by atoms with Gasteiger partial charge in [0.25, 0.3) is 0 Å². The van der Waals surface area contributed by atoms with Gasteiger partial charge in [0.2, 0.25) is 0 Å². The summed E-state index contributed by atoms with van der Waals surface area (Å²) < 4.78 is 0. The molecule has 0 amide bonds. The molecule has 6 heteroatoms. The largest absolute Gasteiger partial charge is 0.507 e. The molecule has 0 fully saturated rings. The van der Waals surface area contributed by atoms with E-state index in [1.807, 2.05) is 38.1 Å². The van der Waals surface area contributed by atoms with Gasteiger partial charge in [0.05, 0.1) is 0 Å². The Labute approximate surface area is 190 Å². The summed E-state index contributed by atoms with van der Waals surface area (Å²) in [6, 6.07) is 7.72. The molecule has 2 aromatic rings. The molecule has 2 N–H and O–H groups in total. The molecular formula is C26H32N4O2. The van der Waals surface area contributed by atoms with Crippen LogP contribution in [0.3, 0.4) is 0 Å². The number of aliphatic imine (C=N–C) groups is 4. The third-order valence-electron chi connectivity index (χ3n) is 5.20. The Morgan fingerprint density at radius 2 is 0.750 bits per heavy atom. The van der Waals surface area contributed by atoms with Crippen LogP contribution in [-0.2, 0) is 0 Å². The van der Waals surface area contributed by atoms with Gasteiger partial charge in [-0.1, -0.05) is 0 Å². The third-order valence-corrected chi connectivity index (χ3v) is 5.20. The SMILES string of the molecule is Cc1cc2c(O)c(c1)C=NCCCCN=Cc1cc(C)cc(c1O)C=NCCCCN=C2. The zero-order chi connectivity index (χ0) is 22.8. The van der Waals surface area contributed by atoms with E-state index >= 15 is 0 Å². The van der Waals surface area contributed by atoms with Gasteiger partial charge in [0.15, 0.2) is 0 Å². The summed E-state index contributed by atoms with van der Waals surface area (Å²) in [6.07, 6.45) is 10.5. The van der Waals surface area contributed by atoms with Crippen LogP contribution in [0.1, 0.15) is 59.1 Å². The van der Waals surface area contributed by atoms with Crippen LogP contribution in [0.15, 0.2) is 44.2 Å². The first-order chi connectivity index (χ1) is 15.5. The zero-order valence-corrected chi connectivity index (χ0v) is 19.0. The minimum absolute atomic E-state index is 0.218. The molecule has 6 nitrogen and oxygen atoms in total. The normalized spacial score (nSPS) is 15.8. The van der Waals surface area contributed by atoms with Crippen molar-refractivity contribution in [3.8, 4) is 11.5 Å². The van der Waals surface area contributed by atoms with Crippen molar-refractivity contribution in [1.82, 2.24) is 0 Å². The van der Waals surface area contributed by atoms with Crippen molar-refractivity contribution in [2.75, 3.05) is 26.2 Å². The van der Waals surface area contributed by atoms with E-state index in [9.17, 15) is 10.2 Å². The first-order valence-electron chi connectivity index (χ1n) is 11.2. The quantitative estimate of drug-likeness (QED) is 0.634. The van der Waals surface area contributed by atoms with Crippen molar-refractivity contribution in [3.05, 3.63) is 57.6 Å². The lowest BCUT2D eigenvalue weighted by atomic mass is 10.1. The summed E-state index contributed by atoms with van der Waals surface area (Å²) in [5, 5.41) is 21.1. The van der Waals surface area contributed by atoms with Gasteiger partial charge in [-0.05, 0) is 74.9 Å². The Balaban J connectivity index is 1.76. The highest BCUT2D eigenvalue weighted by Crippen LogP contribution is 2.23. The van der Waals surface area contributed by atoms with E-state index in [0.717, 1.165) is 36.8 Å². The number of aromatic hydroxyl groups is 2. The molecular weight excluding hydrogens is 400 g/mol. The van der Waals surface area contributed by atoms with Crippen molar-refractivity contribution in [1.29, 1.82) is 0 Å². The maximum Gasteiger partial charge on any atom is 0.133 e. The maximum atomic E-state index is 10.6. The van der Waals surface area contributed by atoms with Gasteiger partial charge < -0.3 is 10.2 Å². The highest BCUT2D eigenvalue weighted by Gasteiger charge is 2.07. The van der Waals surface area contributed by atoms with Crippen LogP contribution in [0.2, 0.25) is 0 Å². The van der Waals surface area contributed by atoms with E-state index in [-0.39, 0.29) is 11.5 Å². The van der Waals surface area contributed by atoms with E-state index in [1.165, 1.54) is 0 Å². The lowest BCUT2D eigenvalue weighted by molar-refractivity contribution is 0.473. The third kappa shape index (κ3) is 6.87. The highest BCUT2D eigenvalue weighted by atomic mass is 16.3. The summed E-state index contributed by atoms with van der Waals surface area (Å²) >= 11 is 0. The predicted molar refractivity (Wildman–Crippen MR) is 134 cm³/mol. The lowest BCUT2D eigenvalue weighted by Gasteiger charge is -2.06. The molecule has 0 unspecified atom stereocenters. The van der Waals surface area contributed by atoms with Gasteiger partial charge >= 0.3 is 0 Å². The van der Waals surface area contributed by atoms with Gasteiger partial charge in [0.1, 0.15) is 11.5 Å². The zero-order valence-electron chi connectivity index (χ0n) is 19.0. The van der Waals surface area contributed by atoms with Crippen LogP contribution in [0.4, 0.5) is 0 Å². The average Bonchev–Trinajstić information content (AvgIpc) is 2.76. The summed E-state index contributed by atoms with van der Waals surface area (Å²) in [4.78, 5) is 17.9. The second-order valence-corrected chi connectivity index (χ2v) is 8.14. The fourth-order valence-corrected chi connectivity index (χ4v) is 3.53. The Morgan fingerprint density at radius 3 is 1.00 bits per heavy atom.